The highest BCUT2D eigenvalue weighted by Crippen LogP contribution is 2.23. The van der Waals surface area contributed by atoms with Gasteiger partial charge in [-0.3, -0.25) is 4.79 Å². The minimum Gasteiger partial charge on any atom is -0.480 e. The zero-order valence-corrected chi connectivity index (χ0v) is 10.4. The third-order valence-corrected chi connectivity index (χ3v) is 2.62. The fraction of sp³-hybridized carbons (Fsp3) is 0.273. The van der Waals surface area contributed by atoms with Gasteiger partial charge >= 0.3 is 12.1 Å². The van der Waals surface area contributed by atoms with E-state index in [-0.39, 0.29) is 0 Å². The molecule has 1 unspecified atom stereocenters. The minimum atomic E-state index is -4.78. The molecule has 0 aromatic heterocycles. The zero-order chi connectivity index (χ0) is 15.5. The summed E-state index contributed by atoms with van der Waals surface area (Å²) in [6.45, 7) is 0. The van der Waals surface area contributed by atoms with Gasteiger partial charge in [-0.2, -0.15) is 13.2 Å². The van der Waals surface area contributed by atoms with Crippen LogP contribution in [0.15, 0.2) is 18.2 Å². The molecule has 0 saturated heterocycles. The first-order valence-corrected chi connectivity index (χ1v) is 5.54. The molecule has 0 aliphatic rings. The fourth-order valence-electron chi connectivity index (χ4n) is 1.35. The van der Waals surface area contributed by atoms with E-state index in [1.54, 1.807) is 5.32 Å². The van der Waals surface area contributed by atoms with E-state index in [0.717, 1.165) is 18.2 Å². The number of aliphatic carboxylic acids is 1. The normalized spacial score (nSPS) is 12.8. The van der Waals surface area contributed by atoms with Gasteiger partial charge in [0, 0.05) is 0 Å². The number of carboxylic acids is 1. The summed E-state index contributed by atoms with van der Waals surface area (Å²) in [5.74, 6) is -4.00. The van der Waals surface area contributed by atoms with Crippen LogP contribution < -0.4 is 5.32 Å². The van der Waals surface area contributed by atoms with Crippen molar-refractivity contribution in [3.8, 4) is 0 Å². The average Bonchev–Trinajstić information content (AvgIpc) is 2.29. The van der Waals surface area contributed by atoms with E-state index in [1.807, 2.05) is 0 Å². The van der Waals surface area contributed by atoms with Crippen molar-refractivity contribution in [2.75, 3.05) is 0 Å². The smallest absolute Gasteiger partial charge is 0.391 e. The lowest BCUT2D eigenvalue weighted by molar-refractivity contribution is -0.157. The fourth-order valence-corrected chi connectivity index (χ4v) is 1.56. The standard InChI is InChI=1S/C11H8ClF4NO3/c12-8-5(2-1-3-6(8)13)9(18)17-7(10(19)20)4-11(14,15)16/h1-3,7H,4H2,(H,17,18)(H,19,20). The molecule has 0 radical (unpaired) electrons. The molecule has 9 heteroatoms. The van der Waals surface area contributed by atoms with E-state index in [2.05, 4.69) is 0 Å². The Morgan fingerprint density at radius 3 is 2.45 bits per heavy atom. The number of hydrogen-bond donors (Lipinski definition) is 2. The quantitative estimate of drug-likeness (QED) is 0.840. The molecular weight excluding hydrogens is 306 g/mol. The Bertz CT molecular complexity index is 533. The molecule has 0 saturated carbocycles. The molecule has 110 valence electrons. The van der Waals surface area contributed by atoms with E-state index in [0.29, 0.717) is 0 Å². The highest BCUT2D eigenvalue weighted by atomic mass is 35.5. The summed E-state index contributed by atoms with van der Waals surface area (Å²) >= 11 is 5.48. The monoisotopic (exact) mass is 313 g/mol. The van der Waals surface area contributed by atoms with Gasteiger partial charge in [-0.25, -0.2) is 9.18 Å². The highest BCUT2D eigenvalue weighted by molar-refractivity contribution is 6.34. The second-order valence-electron chi connectivity index (χ2n) is 3.78. The largest absolute Gasteiger partial charge is 0.480 e. The van der Waals surface area contributed by atoms with Gasteiger partial charge in [-0.1, -0.05) is 17.7 Å². The lowest BCUT2D eigenvalue weighted by Crippen LogP contribution is -2.43. The maximum atomic E-state index is 13.1. The predicted octanol–water partition coefficient (Wildman–Crippen LogP) is 2.61. The Labute approximate surface area is 115 Å². The molecule has 1 rings (SSSR count). The van der Waals surface area contributed by atoms with Crippen LogP contribution in [-0.2, 0) is 4.79 Å². The maximum Gasteiger partial charge on any atom is 0.391 e. The van der Waals surface area contributed by atoms with Crippen molar-refractivity contribution in [2.24, 2.45) is 0 Å². The first kappa shape index (κ1) is 16.2. The summed E-state index contributed by atoms with van der Waals surface area (Å²) in [6, 6.07) is 0.953. The molecule has 0 aliphatic carbocycles. The molecule has 1 atom stereocenters. The molecule has 0 spiro atoms. The molecule has 20 heavy (non-hydrogen) atoms. The molecule has 0 aliphatic heterocycles. The molecule has 1 amide bonds. The van der Waals surface area contributed by atoms with Crippen molar-refractivity contribution in [3.63, 3.8) is 0 Å². The summed E-state index contributed by atoms with van der Waals surface area (Å²) in [4.78, 5) is 22.3. The molecule has 0 bridgehead atoms. The van der Waals surface area contributed by atoms with Gasteiger partial charge in [0.2, 0.25) is 0 Å². The van der Waals surface area contributed by atoms with Crippen molar-refractivity contribution in [1.29, 1.82) is 0 Å². The number of carbonyl (C=O) groups excluding carboxylic acids is 1. The first-order chi connectivity index (χ1) is 9.11. The van der Waals surface area contributed by atoms with Gasteiger partial charge < -0.3 is 10.4 Å². The van der Waals surface area contributed by atoms with Crippen LogP contribution in [-0.4, -0.2) is 29.2 Å². The van der Waals surface area contributed by atoms with Crippen molar-refractivity contribution in [1.82, 2.24) is 5.32 Å². The van der Waals surface area contributed by atoms with Crippen LogP contribution in [0.1, 0.15) is 16.8 Å². The van der Waals surface area contributed by atoms with Crippen LogP contribution in [0.25, 0.3) is 0 Å². The van der Waals surface area contributed by atoms with Gasteiger partial charge in [-0.15, -0.1) is 0 Å². The van der Waals surface area contributed by atoms with Crippen molar-refractivity contribution >= 4 is 23.5 Å². The number of hydrogen-bond acceptors (Lipinski definition) is 2. The lowest BCUT2D eigenvalue weighted by atomic mass is 10.1. The number of benzene rings is 1. The van der Waals surface area contributed by atoms with E-state index >= 15 is 0 Å². The Morgan fingerprint density at radius 2 is 1.95 bits per heavy atom. The lowest BCUT2D eigenvalue weighted by Gasteiger charge is -2.16. The Balaban J connectivity index is 2.92. The Kier molecular flexibility index (Phi) is 4.93. The molecule has 0 fully saturated rings. The van der Waals surface area contributed by atoms with Gasteiger partial charge in [0.05, 0.1) is 17.0 Å². The van der Waals surface area contributed by atoms with Crippen molar-refractivity contribution in [2.45, 2.75) is 18.6 Å². The Morgan fingerprint density at radius 1 is 1.35 bits per heavy atom. The van der Waals surface area contributed by atoms with Crippen LogP contribution in [0.5, 0.6) is 0 Å². The second kappa shape index (κ2) is 6.08. The van der Waals surface area contributed by atoms with Crippen LogP contribution in [0.3, 0.4) is 0 Å². The average molecular weight is 314 g/mol. The number of nitrogens with one attached hydrogen (secondary N) is 1. The highest BCUT2D eigenvalue weighted by Gasteiger charge is 2.36. The minimum absolute atomic E-state index is 0.444. The number of amides is 1. The van der Waals surface area contributed by atoms with Gasteiger partial charge in [0.15, 0.2) is 0 Å². The number of carbonyl (C=O) groups is 2. The van der Waals surface area contributed by atoms with E-state index < -0.39 is 46.9 Å². The number of alkyl halides is 3. The number of rotatable bonds is 4. The summed E-state index contributed by atoms with van der Waals surface area (Å²) < 4.78 is 49.6. The molecule has 1 aromatic rings. The van der Waals surface area contributed by atoms with Crippen LogP contribution in [0.2, 0.25) is 5.02 Å². The van der Waals surface area contributed by atoms with Crippen molar-refractivity contribution < 1.29 is 32.3 Å². The topological polar surface area (TPSA) is 66.4 Å². The molecule has 0 heterocycles. The van der Waals surface area contributed by atoms with E-state index in [4.69, 9.17) is 16.7 Å². The molecular formula is C11H8ClF4NO3. The SMILES string of the molecule is O=C(NC(CC(F)(F)F)C(=O)O)c1cccc(F)c1Cl. The van der Waals surface area contributed by atoms with Crippen LogP contribution in [0, 0.1) is 5.82 Å². The first-order valence-electron chi connectivity index (χ1n) is 5.16. The number of carboxylic acid groups (broad SMARTS) is 1. The molecule has 4 nitrogen and oxygen atoms in total. The summed E-state index contributed by atoms with van der Waals surface area (Å²) in [5, 5.41) is 9.69. The molecule has 2 N–H and O–H groups in total. The molecule has 1 aromatic carbocycles. The van der Waals surface area contributed by atoms with E-state index in [1.165, 1.54) is 0 Å². The summed E-state index contributed by atoms with van der Waals surface area (Å²) in [7, 11) is 0. The third-order valence-electron chi connectivity index (χ3n) is 2.24. The zero-order valence-electron chi connectivity index (χ0n) is 9.67. The van der Waals surface area contributed by atoms with Gasteiger partial charge in [-0.05, 0) is 12.1 Å². The number of halogens is 5. The maximum absolute atomic E-state index is 13.1. The van der Waals surface area contributed by atoms with Crippen LogP contribution >= 0.6 is 11.6 Å². The summed E-state index contributed by atoms with van der Waals surface area (Å²) in [6.07, 6.45) is -6.52. The predicted molar refractivity (Wildman–Crippen MR) is 61.0 cm³/mol. The van der Waals surface area contributed by atoms with Gasteiger partial charge in [0.25, 0.3) is 5.91 Å². The van der Waals surface area contributed by atoms with Crippen LogP contribution in [0.4, 0.5) is 17.6 Å². The van der Waals surface area contributed by atoms with Crippen molar-refractivity contribution in [3.05, 3.63) is 34.6 Å². The van der Waals surface area contributed by atoms with Gasteiger partial charge in [0.1, 0.15) is 11.9 Å². The summed E-state index contributed by atoms with van der Waals surface area (Å²) in [5.41, 5.74) is -0.444. The Hall–Kier alpha value is -1.83. The second-order valence-corrected chi connectivity index (χ2v) is 4.16. The van der Waals surface area contributed by atoms with E-state index in [9.17, 15) is 27.2 Å². The third kappa shape index (κ3) is 4.37.